The van der Waals surface area contributed by atoms with Crippen molar-refractivity contribution in [3.05, 3.63) is 42.5 Å². The third-order valence-electron chi connectivity index (χ3n) is 4.59. The maximum absolute atomic E-state index is 11.7. The number of para-hydroxylation sites is 1. The zero-order valence-corrected chi connectivity index (χ0v) is 18.5. The second kappa shape index (κ2) is 19.2. The van der Waals surface area contributed by atoms with E-state index in [0.717, 1.165) is 38.5 Å². The van der Waals surface area contributed by atoms with Crippen LogP contribution in [0, 0.1) is 0 Å². The number of ether oxygens (including phenoxy) is 1. The molecule has 29 heavy (non-hydrogen) atoms. The summed E-state index contributed by atoms with van der Waals surface area (Å²) in [6.45, 7) is 8.19. The molecule has 4 nitrogen and oxygen atoms in total. The molecule has 4 heteroatoms. The number of aromatic carboxylic acids is 1. The van der Waals surface area contributed by atoms with Gasteiger partial charge in [-0.05, 0) is 31.4 Å². The lowest BCUT2D eigenvalue weighted by Crippen LogP contribution is -2.10. The molecule has 0 atom stereocenters. The Morgan fingerprint density at radius 3 is 2.03 bits per heavy atom. The number of allylic oxidation sites excluding steroid dienone is 1. The number of carbonyl (C=O) groups excluding carboxylic acids is 1. The van der Waals surface area contributed by atoms with Crippen LogP contribution in [0.1, 0.15) is 108 Å². The topological polar surface area (TPSA) is 63.6 Å². The first-order valence-electron chi connectivity index (χ1n) is 11.2. The van der Waals surface area contributed by atoms with Crippen molar-refractivity contribution in [2.75, 3.05) is 0 Å². The average molecular weight is 405 g/mol. The fourth-order valence-corrected chi connectivity index (χ4v) is 2.85. The summed E-state index contributed by atoms with van der Waals surface area (Å²) in [5.41, 5.74) is 0.00951. The first-order chi connectivity index (χ1) is 14.1. The van der Waals surface area contributed by atoms with Crippen LogP contribution in [0.15, 0.2) is 36.9 Å². The largest absolute Gasteiger partial charge is 0.478 e. The molecule has 0 spiro atoms. The number of benzene rings is 1. The molecule has 0 bridgehead atoms. The Bertz CT molecular complexity index is 560. The zero-order chi connectivity index (χ0) is 21.7. The molecule has 0 radical (unpaired) electrons. The first kappa shape index (κ1) is 26.9. The van der Waals surface area contributed by atoms with Gasteiger partial charge in [-0.1, -0.05) is 89.8 Å². The second-order valence-electron chi connectivity index (χ2n) is 7.28. The van der Waals surface area contributed by atoms with E-state index in [9.17, 15) is 9.59 Å². The smallest absolute Gasteiger partial charge is 0.339 e. The highest BCUT2D eigenvalue weighted by molar-refractivity contribution is 5.91. The molecule has 1 rings (SSSR count). The summed E-state index contributed by atoms with van der Waals surface area (Å²) < 4.78 is 5.12. The minimum Gasteiger partial charge on any atom is -0.478 e. The molecule has 0 unspecified atom stereocenters. The van der Waals surface area contributed by atoms with E-state index >= 15 is 0 Å². The van der Waals surface area contributed by atoms with Gasteiger partial charge in [-0.2, -0.15) is 0 Å². The predicted octanol–water partition coefficient (Wildman–Crippen LogP) is 7.57. The van der Waals surface area contributed by atoms with Crippen LogP contribution in [0.5, 0.6) is 5.75 Å². The molecule has 0 amide bonds. The van der Waals surface area contributed by atoms with E-state index in [-0.39, 0.29) is 17.3 Å². The van der Waals surface area contributed by atoms with Crippen LogP contribution in [0.3, 0.4) is 0 Å². The number of rotatable bonds is 15. The van der Waals surface area contributed by atoms with Crippen molar-refractivity contribution in [3.63, 3.8) is 0 Å². The van der Waals surface area contributed by atoms with Crippen LogP contribution >= 0.6 is 0 Å². The molecule has 0 saturated carbocycles. The van der Waals surface area contributed by atoms with Crippen molar-refractivity contribution in [1.82, 2.24) is 0 Å². The van der Waals surface area contributed by atoms with Gasteiger partial charge in [-0.3, -0.25) is 4.79 Å². The molecule has 1 N–H and O–H groups in total. The van der Waals surface area contributed by atoms with Crippen LogP contribution in [0.4, 0.5) is 0 Å². The van der Waals surface area contributed by atoms with Gasteiger partial charge in [0.2, 0.25) is 0 Å². The standard InChI is InChI=1S/C17H22O4.C8H18/c1-2-3-4-5-6-7-8-13-16(18)21-15-12-10-9-11-14(15)17(19)20;1-3-5-7-8-6-4-2/h2,9-12H,1,3-8,13H2,(H,19,20);3-8H2,1-2H3. The molecule has 0 aliphatic rings. The zero-order valence-electron chi connectivity index (χ0n) is 18.5. The van der Waals surface area contributed by atoms with E-state index in [1.165, 1.54) is 50.7 Å². The summed E-state index contributed by atoms with van der Waals surface area (Å²) in [5, 5.41) is 9.00. The highest BCUT2D eigenvalue weighted by Crippen LogP contribution is 2.19. The number of carbonyl (C=O) groups is 2. The molecule has 0 heterocycles. The number of hydrogen-bond acceptors (Lipinski definition) is 3. The quantitative estimate of drug-likeness (QED) is 0.142. The van der Waals surface area contributed by atoms with Crippen LogP contribution in [-0.2, 0) is 4.79 Å². The van der Waals surface area contributed by atoms with Gasteiger partial charge in [-0.25, -0.2) is 4.79 Å². The Kier molecular flexibility index (Phi) is 17.8. The fraction of sp³-hybridized carbons (Fsp3) is 0.600. The summed E-state index contributed by atoms with van der Waals surface area (Å²) in [4.78, 5) is 22.7. The average Bonchev–Trinajstić information content (AvgIpc) is 2.71. The number of esters is 1. The van der Waals surface area contributed by atoms with Crippen molar-refractivity contribution in [2.45, 2.75) is 97.3 Å². The van der Waals surface area contributed by atoms with E-state index < -0.39 is 5.97 Å². The third-order valence-corrected chi connectivity index (χ3v) is 4.59. The number of unbranched alkanes of at least 4 members (excludes halogenated alkanes) is 10. The van der Waals surface area contributed by atoms with Gasteiger partial charge >= 0.3 is 11.9 Å². The van der Waals surface area contributed by atoms with Crippen molar-refractivity contribution < 1.29 is 19.4 Å². The molecule has 0 aromatic heterocycles. The fourth-order valence-electron chi connectivity index (χ4n) is 2.85. The molecule has 1 aromatic rings. The number of carboxylic acid groups (broad SMARTS) is 1. The lowest BCUT2D eigenvalue weighted by atomic mass is 10.1. The van der Waals surface area contributed by atoms with Crippen LogP contribution in [0.2, 0.25) is 0 Å². The van der Waals surface area contributed by atoms with Gasteiger partial charge in [0.25, 0.3) is 0 Å². The van der Waals surface area contributed by atoms with Crippen LogP contribution < -0.4 is 4.74 Å². The van der Waals surface area contributed by atoms with Gasteiger partial charge in [0.1, 0.15) is 11.3 Å². The molecule has 0 saturated heterocycles. The Balaban J connectivity index is 0.000000828. The van der Waals surface area contributed by atoms with E-state index in [1.54, 1.807) is 12.1 Å². The van der Waals surface area contributed by atoms with E-state index in [1.807, 2.05) is 6.08 Å². The maximum atomic E-state index is 11.7. The van der Waals surface area contributed by atoms with Gasteiger partial charge in [0.15, 0.2) is 0 Å². The summed E-state index contributed by atoms with van der Waals surface area (Å²) in [6.07, 6.45) is 16.9. The Hall–Kier alpha value is -2.10. The monoisotopic (exact) mass is 404 g/mol. The molecular weight excluding hydrogens is 364 g/mol. The number of carboxylic acids is 1. The molecular formula is C25H40O4. The minimum atomic E-state index is -1.10. The minimum absolute atomic E-state index is 0.00951. The Labute approximate surface area is 177 Å². The van der Waals surface area contributed by atoms with E-state index in [0.29, 0.717) is 6.42 Å². The maximum Gasteiger partial charge on any atom is 0.339 e. The number of hydrogen-bond donors (Lipinski definition) is 1. The van der Waals surface area contributed by atoms with E-state index in [4.69, 9.17) is 9.84 Å². The van der Waals surface area contributed by atoms with E-state index in [2.05, 4.69) is 20.4 Å². The predicted molar refractivity (Wildman–Crippen MR) is 121 cm³/mol. The van der Waals surface area contributed by atoms with Crippen LogP contribution in [0.25, 0.3) is 0 Å². The van der Waals surface area contributed by atoms with Gasteiger partial charge < -0.3 is 9.84 Å². The normalized spacial score (nSPS) is 10.0. The summed E-state index contributed by atoms with van der Waals surface area (Å²) in [5.74, 6) is -1.36. The Morgan fingerprint density at radius 1 is 0.897 bits per heavy atom. The third kappa shape index (κ3) is 15.5. The lowest BCUT2D eigenvalue weighted by molar-refractivity contribution is -0.134. The van der Waals surface area contributed by atoms with Gasteiger partial charge in [0.05, 0.1) is 0 Å². The Morgan fingerprint density at radius 2 is 1.45 bits per heavy atom. The van der Waals surface area contributed by atoms with Crippen molar-refractivity contribution >= 4 is 11.9 Å². The summed E-state index contributed by atoms with van der Waals surface area (Å²) in [6, 6.07) is 6.17. The summed E-state index contributed by atoms with van der Waals surface area (Å²) >= 11 is 0. The lowest BCUT2D eigenvalue weighted by Gasteiger charge is -2.07. The molecule has 1 aromatic carbocycles. The van der Waals surface area contributed by atoms with Gasteiger partial charge in [-0.15, -0.1) is 6.58 Å². The summed E-state index contributed by atoms with van der Waals surface area (Å²) in [7, 11) is 0. The first-order valence-corrected chi connectivity index (χ1v) is 11.2. The second-order valence-corrected chi connectivity index (χ2v) is 7.28. The molecule has 164 valence electrons. The van der Waals surface area contributed by atoms with Crippen LogP contribution in [-0.4, -0.2) is 17.0 Å². The van der Waals surface area contributed by atoms with Gasteiger partial charge in [0, 0.05) is 6.42 Å². The SMILES string of the molecule is C=CCCCCCCCC(=O)Oc1ccccc1C(=O)O.CCCCCCCC. The molecule has 0 fully saturated rings. The van der Waals surface area contributed by atoms with Crippen molar-refractivity contribution in [2.24, 2.45) is 0 Å². The molecule has 0 aliphatic heterocycles. The highest BCUT2D eigenvalue weighted by Gasteiger charge is 2.13. The van der Waals surface area contributed by atoms with Crippen molar-refractivity contribution in [3.8, 4) is 5.75 Å². The molecule has 0 aliphatic carbocycles. The van der Waals surface area contributed by atoms with Crippen molar-refractivity contribution in [1.29, 1.82) is 0 Å². The highest BCUT2D eigenvalue weighted by atomic mass is 16.5.